The molecule has 0 amide bonds. The molecule has 0 aliphatic rings. The molecule has 0 aromatic heterocycles. The maximum atomic E-state index is 13.9. The van der Waals surface area contributed by atoms with Crippen molar-refractivity contribution in [2.45, 2.75) is 78.6 Å². The van der Waals surface area contributed by atoms with E-state index in [-0.39, 0.29) is 0 Å². The van der Waals surface area contributed by atoms with Crippen molar-refractivity contribution in [1.82, 2.24) is 0 Å². The molecule has 0 aliphatic heterocycles. The summed E-state index contributed by atoms with van der Waals surface area (Å²) in [7, 11) is -5.33. The summed E-state index contributed by atoms with van der Waals surface area (Å²) in [5.74, 6) is 1.19. The Hall–Kier alpha value is -3.07. The third-order valence-electron chi connectivity index (χ3n) is 5.35. The highest BCUT2D eigenvalue weighted by Crippen LogP contribution is 2.41. The molecule has 2 aromatic carbocycles. The lowest BCUT2D eigenvalue weighted by molar-refractivity contribution is -0.130. The van der Waals surface area contributed by atoms with Crippen LogP contribution in [0.5, 0.6) is 23.0 Å². The first-order chi connectivity index (χ1) is 20.0. The van der Waals surface area contributed by atoms with Crippen LogP contribution in [-0.4, -0.2) is 59.4 Å². The van der Waals surface area contributed by atoms with Crippen LogP contribution in [0.3, 0.4) is 0 Å². The second kappa shape index (κ2) is 14.4. The van der Waals surface area contributed by atoms with Gasteiger partial charge in [0.2, 0.25) is 33.3 Å². The maximum absolute atomic E-state index is 13.9. The molecule has 2 aromatic rings. The predicted octanol–water partition coefficient (Wildman–Crippen LogP) is 8.44. The highest BCUT2D eigenvalue weighted by Gasteiger charge is 2.30. The number of benzene rings is 2. The molecule has 2 rings (SSSR count). The second-order valence-electron chi connectivity index (χ2n) is 14.4. The first-order valence-electron chi connectivity index (χ1n) is 14.6. The number of carbonyl (C=O) groups is 2. The molecule has 0 saturated heterocycles. The summed E-state index contributed by atoms with van der Waals surface area (Å²) in [6.45, 7) is 24.2. The van der Waals surface area contributed by atoms with Gasteiger partial charge in [0.15, 0.2) is 17.2 Å². The number of rotatable bonds is 13. The van der Waals surface area contributed by atoms with Crippen LogP contribution >= 0.6 is 0 Å². The van der Waals surface area contributed by atoms with E-state index in [0.29, 0.717) is 45.3 Å². The minimum atomic E-state index is -2.30. The largest absolute Gasteiger partial charge is 0.542 e. The summed E-state index contributed by atoms with van der Waals surface area (Å²) in [6.07, 6.45) is 4.81. The van der Waals surface area contributed by atoms with Gasteiger partial charge < -0.3 is 27.2 Å². The predicted molar refractivity (Wildman–Crippen MR) is 190 cm³/mol. The summed E-state index contributed by atoms with van der Waals surface area (Å²) in [6, 6.07) is 9.17. The highest BCUT2D eigenvalue weighted by atomic mass is 28.4. The third-order valence-corrected chi connectivity index (χ3v) is 8.61. The molecule has 0 aliphatic carbocycles. The van der Waals surface area contributed by atoms with Gasteiger partial charge >= 0.3 is 11.9 Å². The van der Waals surface area contributed by atoms with Crippen molar-refractivity contribution in [3.8, 4) is 23.0 Å². The Labute approximate surface area is 267 Å². The third kappa shape index (κ3) is 12.5. The minimum Gasteiger partial charge on any atom is -0.542 e. The normalized spacial score (nSPS) is 13.0. The number of methoxy groups -OCH3 is 2. The standard InChI is InChI=1S/C32H50O8Si4/c1-35-28-21-23(15-17-27(28)37-41(3,4)5)20-26(32(34)40-44(12,13)14)25-19-24(16-18-30(33)38-42(6,7)8)22-29(36-2)31(25)39-43(9,10)11/h15-22H,1-14H3/b18-16+,26-20+. The van der Waals surface area contributed by atoms with Crippen molar-refractivity contribution in [2.75, 3.05) is 14.2 Å². The van der Waals surface area contributed by atoms with Gasteiger partial charge in [-0.2, -0.15) is 0 Å². The Balaban J connectivity index is 2.88. The van der Waals surface area contributed by atoms with Crippen molar-refractivity contribution < 1.29 is 36.8 Å². The second-order valence-corrected chi connectivity index (χ2v) is 32.1. The molecule has 0 atom stereocenters. The van der Waals surface area contributed by atoms with E-state index in [4.69, 9.17) is 27.2 Å². The Bertz CT molecular complexity index is 1410. The molecule has 0 bridgehead atoms. The fraction of sp³-hybridized carbons (Fsp3) is 0.438. The van der Waals surface area contributed by atoms with Crippen LogP contribution in [0, 0.1) is 0 Å². The molecule has 8 nitrogen and oxygen atoms in total. The van der Waals surface area contributed by atoms with Gasteiger partial charge in [-0.15, -0.1) is 0 Å². The molecule has 0 heterocycles. The molecule has 0 radical (unpaired) electrons. The summed E-state index contributed by atoms with van der Waals surface area (Å²) >= 11 is 0. The minimum absolute atomic E-state index is 0.291. The van der Waals surface area contributed by atoms with Gasteiger partial charge in [0.1, 0.15) is 5.75 Å². The lowest BCUT2D eigenvalue weighted by Crippen LogP contribution is -2.31. The number of hydrogen-bond donors (Lipinski definition) is 0. The average Bonchev–Trinajstić information content (AvgIpc) is 2.83. The molecule has 12 heteroatoms. The van der Waals surface area contributed by atoms with Crippen LogP contribution < -0.4 is 18.3 Å². The van der Waals surface area contributed by atoms with E-state index < -0.39 is 45.2 Å². The molecule has 0 spiro atoms. The van der Waals surface area contributed by atoms with E-state index in [0.717, 1.165) is 0 Å². The monoisotopic (exact) mass is 674 g/mol. The lowest BCUT2D eigenvalue weighted by atomic mass is 9.98. The van der Waals surface area contributed by atoms with Crippen LogP contribution in [-0.2, 0) is 18.4 Å². The van der Waals surface area contributed by atoms with Gasteiger partial charge in [-0.3, -0.25) is 0 Å². The first kappa shape index (κ1) is 37.1. The van der Waals surface area contributed by atoms with E-state index in [1.165, 1.54) is 6.08 Å². The fourth-order valence-corrected chi connectivity index (χ4v) is 6.91. The smallest absolute Gasteiger partial charge is 0.325 e. The Morgan fingerprint density at radius 1 is 0.614 bits per heavy atom. The zero-order valence-electron chi connectivity index (χ0n) is 28.9. The van der Waals surface area contributed by atoms with Gasteiger partial charge in [-0.05, 0) is 126 Å². The number of carbonyl (C=O) groups excluding carboxylic acids is 2. The topological polar surface area (TPSA) is 89.5 Å². The molecule has 242 valence electrons. The molecule has 44 heavy (non-hydrogen) atoms. The molecule has 0 unspecified atom stereocenters. The summed E-state index contributed by atoms with van der Waals surface area (Å²) in [5, 5.41) is 0. The van der Waals surface area contributed by atoms with Crippen molar-refractivity contribution >= 4 is 62.9 Å². The highest BCUT2D eigenvalue weighted by molar-refractivity contribution is 6.72. The van der Waals surface area contributed by atoms with Crippen molar-refractivity contribution in [3.05, 3.63) is 53.1 Å². The molecular formula is C32H50O8Si4. The van der Waals surface area contributed by atoms with E-state index in [2.05, 4.69) is 39.3 Å². The Kier molecular flexibility index (Phi) is 12.1. The summed E-state index contributed by atoms with van der Waals surface area (Å²) in [5.41, 5.74) is 2.13. The quantitative estimate of drug-likeness (QED) is 0.119. The zero-order chi connectivity index (χ0) is 33.7. The molecule has 0 fully saturated rings. The Morgan fingerprint density at radius 2 is 1.16 bits per heavy atom. The van der Waals surface area contributed by atoms with Crippen LogP contribution in [0.2, 0.25) is 78.6 Å². The van der Waals surface area contributed by atoms with Crippen molar-refractivity contribution in [1.29, 1.82) is 0 Å². The van der Waals surface area contributed by atoms with Crippen LogP contribution in [0.25, 0.3) is 17.7 Å². The van der Waals surface area contributed by atoms with Gasteiger partial charge in [-0.1, -0.05) is 6.07 Å². The van der Waals surface area contributed by atoms with Gasteiger partial charge in [0.05, 0.1) is 19.8 Å². The van der Waals surface area contributed by atoms with Crippen molar-refractivity contribution in [3.63, 3.8) is 0 Å². The van der Waals surface area contributed by atoms with E-state index in [1.807, 2.05) is 63.5 Å². The zero-order valence-corrected chi connectivity index (χ0v) is 32.9. The van der Waals surface area contributed by atoms with E-state index in [1.54, 1.807) is 32.4 Å². The van der Waals surface area contributed by atoms with Crippen LogP contribution in [0.1, 0.15) is 16.7 Å². The van der Waals surface area contributed by atoms with Crippen molar-refractivity contribution in [2.24, 2.45) is 0 Å². The van der Waals surface area contributed by atoms with E-state index in [9.17, 15) is 9.59 Å². The van der Waals surface area contributed by atoms with Gasteiger partial charge in [0, 0.05) is 11.6 Å². The van der Waals surface area contributed by atoms with Gasteiger partial charge in [0.25, 0.3) is 0 Å². The lowest BCUT2D eigenvalue weighted by Gasteiger charge is -2.26. The first-order valence-corrected chi connectivity index (χ1v) is 28.3. The van der Waals surface area contributed by atoms with Crippen LogP contribution in [0.4, 0.5) is 0 Å². The summed E-state index contributed by atoms with van der Waals surface area (Å²) in [4.78, 5) is 26.5. The number of ether oxygens (including phenoxy) is 2. The SMILES string of the molecule is COc1cc(/C=C(/C(=O)O[Si](C)(C)C)c2cc(/C=C/C(=O)O[Si](C)(C)C)cc(OC)c2O[Si](C)(C)C)ccc1O[Si](C)(C)C. The number of hydrogen-bond acceptors (Lipinski definition) is 8. The Morgan fingerprint density at radius 3 is 1.66 bits per heavy atom. The fourth-order valence-electron chi connectivity index (χ4n) is 3.92. The average molecular weight is 675 g/mol. The van der Waals surface area contributed by atoms with E-state index >= 15 is 0 Å². The molecular weight excluding hydrogens is 625 g/mol. The van der Waals surface area contributed by atoms with Gasteiger partial charge in [-0.25, -0.2) is 9.59 Å². The summed E-state index contributed by atoms with van der Waals surface area (Å²) < 4.78 is 35.8. The molecule has 0 N–H and O–H groups in total. The maximum Gasteiger partial charge on any atom is 0.325 e. The molecule has 0 saturated carbocycles. The van der Waals surface area contributed by atoms with Crippen LogP contribution in [0.15, 0.2) is 36.4 Å².